The number of carbonyl (C=O) groups is 1. The summed E-state index contributed by atoms with van der Waals surface area (Å²) in [4.78, 5) is 14.2. The number of nitrogen functional groups attached to an aromatic ring is 1. The van der Waals surface area contributed by atoms with Gasteiger partial charge in [0.05, 0.1) is 6.04 Å². The first-order valence-corrected chi connectivity index (χ1v) is 6.93. The van der Waals surface area contributed by atoms with E-state index in [1.54, 1.807) is 24.3 Å². The van der Waals surface area contributed by atoms with Crippen LogP contribution in [0.2, 0.25) is 0 Å². The highest BCUT2D eigenvalue weighted by Crippen LogP contribution is 2.17. The molecule has 0 fully saturated rings. The molecule has 0 aliphatic heterocycles. The maximum atomic E-state index is 12.1. The van der Waals surface area contributed by atoms with E-state index >= 15 is 0 Å². The molecule has 1 amide bonds. The average molecular weight is 283 g/mol. The number of anilines is 1. The Balaban J connectivity index is 2.02. The van der Waals surface area contributed by atoms with E-state index in [0.29, 0.717) is 17.8 Å². The molecule has 2 aromatic rings. The van der Waals surface area contributed by atoms with Crippen molar-refractivity contribution in [2.24, 2.45) is 0 Å². The number of amides is 1. The molecule has 0 aromatic heterocycles. The van der Waals surface area contributed by atoms with Gasteiger partial charge >= 0.3 is 0 Å². The van der Waals surface area contributed by atoms with Gasteiger partial charge < -0.3 is 16.0 Å². The maximum Gasteiger partial charge on any atom is 0.251 e. The predicted octanol–water partition coefficient (Wildman–Crippen LogP) is 2.30. The second kappa shape index (κ2) is 6.90. The van der Waals surface area contributed by atoms with Crippen molar-refractivity contribution < 1.29 is 4.79 Å². The molecule has 0 saturated carbocycles. The number of carbonyl (C=O) groups excluding carboxylic acids is 1. The SMILES string of the molecule is CN(C)C(CNC(=O)c1ccc(N)cc1)c1ccccc1. The summed E-state index contributed by atoms with van der Waals surface area (Å²) in [7, 11) is 4.01. The summed E-state index contributed by atoms with van der Waals surface area (Å²) in [5, 5.41) is 2.98. The summed E-state index contributed by atoms with van der Waals surface area (Å²) in [6.07, 6.45) is 0. The summed E-state index contributed by atoms with van der Waals surface area (Å²) in [6.45, 7) is 0.556. The van der Waals surface area contributed by atoms with E-state index in [2.05, 4.69) is 22.3 Å². The van der Waals surface area contributed by atoms with Crippen molar-refractivity contribution in [2.75, 3.05) is 26.4 Å². The Kier molecular flexibility index (Phi) is 4.95. The molecule has 0 radical (unpaired) electrons. The van der Waals surface area contributed by atoms with Gasteiger partial charge in [0.25, 0.3) is 5.91 Å². The van der Waals surface area contributed by atoms with Gasteiger partial charge in [0.2, 0.25) is 0 Å². The van der Waals surface area contributed by atoms with Crippen molar-refractivity contribution in [1.82, 2.24) is 10.2 Å². The quantitative estimate of drug-likeness (QED) is 0.828. The van der Waals surface area contributed by atoms with Crippen LogP contribution in [0.15, 0.2) is 54.6 Å². The number of hydrogen-bond donors (Lipinski definition) is 2. The molecule has 0 heterocycles. The van der Waals surface area contributed by atoms with Gasteiger partial charge in [0, 0.05) is 17.8 Å². The highest BCUT2D eigenvalue weighted by Gasteiger charge is 2.15. The van der Waals surface area contributed by atoms with E-state index in [0.717, 1.165) is 0 Å². The fraction of sp³-hybridized carbons (Fsp3) is 0.235. The summed E-state index contributed by atoms with van der Waals surface area (Å²) in [5.41, 5.74) is 8.08. The van der Waals surface area contributed by atoms with Crippen LogP contribution in [-0.4, -0.2) is 31.4 Å². The van der Waals surface area contributed by atoms with Crippen LogP contribution in [0.3, 0.4) is 0 Å². The van der Waals surface area contributed by atoms with E-state index in [9.17, 15) is 4.79 Å². The molecule has 1 atom stereocenters. The van der Waals surface area contributed by atoms with Gasteiger partial charge in [-0.15, -0.1) is 0 Å². The van der Waals surface area contributed by atoms with Gasteiger partial charge in [-0.05, 0) is 43.9 Å². The normalized spacial score (nSPS) is 12.1. The summed E-state index contributed by atoms with van der Waals surface area (Å²) < 4.78 is 0. The third kappa shape index (κ3) is 4.07. The van der Waals surface area contributed by atoms with E-state index in [4.69, 9.17) is 5.73 Å². The highest BCUT2D eigenvalue weighted by atomic mass is 16.1. The summed E-state index contributed by atoms with van der Waals surface area (Å²) >= 11 is 0. The van der Waals surface area contributed by atoms with E-state index < -0.39 is 0 Å². The Morgan fingerprint density at radius 2 is 1.71 bits per heavy atom. The molecule has 0 aliphatic rings. The largest absolute Gasteiger partial charge is 0.399 e. The third-order valence-corrected chi connectivity index (χ3v) is 3.44. The number of benzene rings is 2. The van der Waals surface area contributed by atoms with E-state index in [1.165, 1.54) is 5.56 Å². The van der Waals surface area contributed by atoms with Gasteiger partial charge in [0.1, 0.15) is 0 Å². The van der Waals surface area contributed by atoms with Gasteiger partial charge in [0.15, 0.2) is 0 Å². The van der Waals surface area contributed by atoms with Crippen molar-refractivity contribution in [1.29, 1.82) is 0 Å². The number of nitrogens with zero attached hydrogens (tertiary/aromatic N) is 1. The second-order valence-electron chi connectivity index (χ2n) is 5.22. The van der Waals surface area contributed by atoms with Gasteiger partial charge in [-0.2, -0.15) is 0 Å². The molecule has 4 heteroatoms. The van der Waals surface area contributed by atoms with Crippen molar-refractivity contribution in [3.05, 3.63) is 65.7 Å². The van der Waals surface area contributed by atoms with Crippen molar-refractivity contribution in [3.63, 3.8) is 0 Å². The standard InChI is InChI=1S/C17H21N3O/c1-20(2)16(13-6-4-3-5-7-13)12-19-17(21)14-8-10-15(18)11-9-14/h3-11,16H,12,18H2,1-2H3,(H,19,21). The van der Waals surface area contributed by atoms with Gasteiger partial charge in [-0.25, -0.2) is 0 Å². The van der Waals surface area contributed by atoms with E-state index in [1.807, 2.05) is 32.3 Å². The molecule has 3 N–H and O–H groups in total. The average Bonchev–Trinajstić information content (AvgIpc) is 2.48. The minimum Gasteiger partial charge on any atom is -0.399 e. The lowest BCUT2D eigenvalue weighted by molar-refractivity contribution is 0.0942. The first-order chi connectivity index (χ1) is 10.1. The van der Waals surface area contributed by atoms with Crippen LogP contribution in [0.25, 0.3) is 0 Å². The number of nitrogens with two attached hydrogens (primary N) is 1. The lowest BCUT2D eigenvalue weighted by atomic mass is 10.1. The summed E-state index contributed by atoms with van der Waals surface area (Å²) in [5.74, 6) is -0.0854. The molecular weight excluding hydrogens is 262 g/mol. The van der Waals surface area contributed by atoms with Crippen molar-refractivity contribution >= 4 is 11.6 Å². The topological polar surface area (TPSA) is 58.4 Å². The van der Waals surface area contributed by atoms with Crippen LogP contribution < -0.4 is 11.1 Å². The maximum absolute atomic E-state index is 12.1. The molecule has 0 saturated heterocycles. The zero-order valence-corrected chi connectivity index (χ0v) is 12.4. The fourth-order valence-electron chi connectivity index (χ4n) is 2.20. The van der Waals surface area contributed by atoms with Crippen LogP contribution in [0.1, 0.15) is 22.0 Å². The molecule has 0 spiro atoms. The Hall–Kier alpha value is -2.33. The number of hydrogen-bond acceptors (Lipinski definition) is 3. The van der Waals surface area contributed by atoms with Gasteiger partial charge in [-0.1, -0.05) is 30.3 Å². The molecule has 2 rings (SSSR count). The Bertz CT molecular complexity index is 579. The molecule has 0 aliphatic carbocycles. The van der Waals surface area contributed by atoms with Crippen LogP contribution in [0.4, 0.5) is 5.69 Å². The van der Waals surface area contributed by atoms with Gasteiger partial charge in [-0.3, -0.25) is 4.79 Å². The molecular formula is C17H21N3O. The molecule has 21 heavy (non-hydrogen) atoms. The number of likely N-dealkylation sites (N-methyl/N-ethyl adjacent to an activating group) is 1. The number of rotatable bonds is 5. The molecule has 0 bridgehead atoms. The smallest absolute Gasteiger partial charge is 0.251 e. The Morgan fingerprint density at radius 3 is 2.29 bits per heavy atom. The Labute approximate surface area is 125 Å². The lowest BCUT2D eigenvalue weighted by Gasteiger charge is -2.25. The van der Waals surface area contributed by atoms with Crippen LogP contribution in [0, 0.1) is 0 Å². The summed E-state index contributed by atoms with van der Waals surface area (Å²) in [6, 6.07) is 17.2. The fourth-order valence-corrected chi connectivity index (χ4v) is 2.20. The Morgan fingerprint density at radius 1 is 1.10 bits per heavy atom. The minimum absolute atomic E-state index is 0.0854. The van der Waals surface area contributed by atoms with E-state index in [-0.39, 0.29) is 11.9 Å². The first kappa shape index (κ1) is 15.1. The molecule has 4 nitrogen and oxygen atoms in total. The minimum atomic E-state index is -0.0854. The second-order valence-corrected chi connectivity index (χ2v) is 5.22. The lowest BCUT2D eigenvalue weighted by Crippen LogP contribution is -2.34. The van der Waals surface area contributed by atoms with Crippen LogP contribution in [-0.2, 0) is 0 Å². The molecule has 2 aromatic carbocycles. The monoisotopic (exact) mass is 283 g/mol. The highest BCUT2D eigenvalue weighted by molar-refractivity contribution is 5.94. The molecule has 1 unspecified atom stereocenters. The third-order valence-electron chi connectivity index (χ3n) is 3.44. The molecule has 110 valence electrons. The van der Waals surface area contributed by atoms with Crippen LogP contribution >= 0.6 is 0 Å². The zero-order valence-electron chi connectivity index (χ0n) is 12.4. The van der Waals surface area contributed by atoms with Crippen molar-refractivity contribution in [3.8, 4) is 0 Å². The zero-order chi connectivity index (χ0) is 15.2. The number of nitrogens with one attached hydrogen (secondary N) is 1. The predicted molar refractivity (Wildman–Crippen MR) is 86.1 cm³/mol. The van der Waals surface area contributed by atoms with Crippen molar-refractivity contribution in [2.45, 2.75) is 6.04 Å². The first-order valence-electron chi connectivity index (χ1n) is 6.93. The van der Waals surface area contributed by atoms with Crippen LogP contribution in [0.5, 0.6) is 0 Å².